The van der Waals surface area contributed by atoms with Crippen molar-refractivity contribution in [3.8, 4) is 28.8 Å². The summed E-state index contributed by atoms with van der Waals surface area (Å²) >= 11 is 8.56. The number of nitrogens with zero attached hydrogens (tertiary/aromatic N) is 2. The molecule has 7 heteroatoms. The molecule has 0 unspecified atom stereocenters. The maximum absolute atomic E-state index is 10.4. The van der Waals surface area contributed by atoms with Gasteiger partial charge in [0.15, 0.2) is 5.82 Å². The highest BCUT2D eigenvalue weighted by atomic mass is 79.9. The summed E-state index contributed by atoms with van der Waals surface area (Å²) in [7, 11) is 0. The SMILES string of the molecule is Oc1ccc(Br)cc1-c1nc2c(c(Sc3ccccc3)n1)Cc1cc(Br)ccc1O2. The minimum atomic E-state index is 0.119. The largest absolute Gasteiger partial charge is 0.507 e. The molecule has 30 heavy (non-hydrogen) atoms. The average molecular weight is 542 g/mol. The standard InChI is InChI=1S/C23H14Br2N2O2S/c24-14-7-9-20-13(10-14)11-18-22(29-20)26-21(17-12-15(25)6-8-19(17)28)27-23(18)30-16-4-2-1-3-5-16/h1-10,12,28H,11H2. The molecule has 1 aliphatic rings. The Morgan fingerprint density at radius 2 is 1.67 bits per heavy atom. The van der Waals surface area contributed by atoms with Crippen LogP contribution in [0.4, 0.5) is 0 Å². The van der Waals surface area contributed by atoms with Crippen molar-refractivity contribution in [1.29, 1.82) is 0 Å². The molecular formula is C23H14Br2N2O2S. The minimum absolute atomic E-state index is 0.119. The van der Waals surface area contributed by atoms with Gasteiger partial charge in [-0.15, -0.1) is 0 Å². The monoisotopic (exact) mass is 540 g/mol. The first-order chi connectivity index (χ1) is 14.6. The van der Waals surface area contributed by atoms with Crippen molar-refractivity contribution in [3.63, 3.8) is 0 Å². The lowest BCUT2D eigenvalue weighted by Gasteiger charge is -2.22. The molecule has 4 aromatic rings. The number of halogens is 2. The Labute approximate surface area is 194 Å². The molecule has 1 N–H and O–H groups in total. The zero-order chi connectivity index (χ0) is 20.7. The summed E-state index contributed by atoms with van der Waals surface area (Å²) in [4.78, 5) is 10.6. The van der Waals surface area contributed by atoms with Crippen molar-refractivity contribution in [3.05, 3.63) is 86.8 Å². The van der Waals surface area contributed by atoms with E-state index in [9.17, 15) is 5.11 Å². The quantitative estimate of drug-likeness (QED) is 0.244. The molecule has 0 amide bonds. The lowest BCUT2D eigenvalue weighted by Crippen LogP contribution is -2.09. The van der Waals surface area contributed by atoms with E-state index in [0.29, 0.717) is 23.7 Å². The van der Waals surface area contributed by atoms with Crippen LogP contribution in [0.5, 0.6) is 17.4 Å². The van der Waals surface area contributed by atoms with E-state index in [4.69, 9.17) is 9.72 Å². The van der Waals surface area contributed by atoms with Crippen molar-refractivity contribution >= 4 is 43.6 Å². The van der Waals surface area contributed by atoms with Crippen LogP contribution in [0.2, 0.25) is 0 Å². The molecule has 1 aliphatic heterocycles. The highest BCUT2D eigenvalue weighted by molar-refractivity contribution is 9.10. The number of benzene rings is 3. The first kappa shape index (κ1) is 19.6. The van der Waals surface area contributed by atoms with Crippen LogP contribution in [0.1, 0.15) is 11.1 Å². The third-order valence-corrected chi connectivity index (χ3v) is 6.71. The number of ether oxygens (including phenoxy) is 1. The van der Waals surface area contributed by atoms with E-state index >= 15 is 0 Å². The zero-order valence-electron chi connectivity index (χ0n) is 15.5. The summed E-state index contributed by atoms with van der Waals surface area (Å²) in [5, 5.41) is 11.2. The molecule has 148 valence electrons. The highest BCUT2D eigenvalue weighted by Crippen LogP contribution is 2.43. The molecule has 0 atom stereocenters. The molecule has 2 heterocycles. The maximum atomic E-state index is 10.4. The first-order valence-corrected chi connectivity index (χ1v) is 11.6. The van der Waals surface area contributed by atoms with Gasteiger partial charge in [-0.05, 0) is 48.5 Å². The van der Waals surface area contributed by atoms with Crippen molar-refractivity contribution in [2.24, 2.45) is 0 Å². The number of phenols is 1. The zero-order valence-corrected chi connectivity index (χ0v) is 19.5. The second-order valence-electron chi connectivity index (χ2n) is 6.74. The van der Waals surface area contributed by atoms with Crippen molar-refractivity contribution in [2.45, 2.75) is 16.3 Å². The topological polar surface area (TPSA) is 55.2 Å². The average Bonchev–Trinajstić information content (AvgIpc) is 2.75. The number of aromatic nitrogens is 2. The summed E-state index contributed by atoms with van der Waals surface area (Å²) in [6, 6.07) is 21.2. The van der Waals surface area contributed by atoms with Crippen molar-refractivity contribution in [1.82, 2.24) is 9.97 Å². The third-order valence-electron chi connectivity index (χ3n) is 4.68. The van der Waals surface area contributed by atoms with E-state index in [1.54, 1.807) is 23.9 Å². The Morgan fingerprint density at radius 3 is 2.50 bits per heavy atom. The van der Waals surface area contributed by atoms with E-state index < -0.39 is 0 Å². The third kappa shape index (κ3) is 3.85. The second kappa shape index (κ2) is 8.06. The Bertz CT molecular complexity index is 1270. The van der Waals surface area contributed by atoms with Gasteiger partial charge in [0, 0.05) is 25.8 Å². The van der Waals surface area contributed by atoms with Gasteiger partial charge in [0.1, 0.15) is 16.5 Å². The van der Waals surface area contributed by atoms with Crippen LogP contribution in [0.25, 0.3) is 11.4 Å². The Hall–Kier alpha value is -2.35. The molecule has 0 fully saturated rings. The predicted molar refractivity (Wildman–Crippen MR) is 124 cm³/mol. The van der Waals surface area contributed by atoms with Gasteiger partial charge in [0.25, 0.3) is 0 Å². The smallest absolute Gasteiger partial charge is 0.227 e. The minimum Gasteiger partial charge on any atom is -0.507 e. The summed E-state index contributed by atoms with van der Waals surface area (Å²) < 4.78 is 8.00. The van der Waals surface area contributed by atoms with Gasteiger partial charge in [0.2, 0.25) is 5.88 Å². The fourth-order valence-electron chi connectivity index (χ4n) is 3.25. The van der Waals surface area contributed by atoms with Gasteiger partial charge >= 0.3 is 0 Å². The molecule has 0 saturated carbocycles. The number of rotatable bonds is 3. The summed E-state index contributed by atoms with van der Waals surface area (Å²) in [5.74, 6) is 1.84. The molecule has 3 aromatic carbocycles. The molecule has 0 bridgehead atoms. The van der Waals surface area contributed by atoms with Crippen LogP contribution in [0.15, 0.2) is 85.6 Å². The van der Waals surface area contributed by atoms with Gasteiger partial charge in [-0.25, -0.2) is 4.98 Å². The van der Waals surface area contributed by atoms with Crippen molar-refractivity contribution in [2.75, 3.05) is 0 Å². The van der Waals surface area contributed by atoms with Crippen LogP contribution in [0, 0.1) is 0 Å². The number of hydrogen-bond acceptors (Lipinski definition) is 5. The first-order valence-electron chi connectivity index (χ1n) is 9.16. The highest BCUT2D eigenvalue weighted by Gasteiger charge is 2.25. The van der Waals surface area contributed by atoms with Gasteiger partial charge in [-0.2, -0.15) is 4.98 Å². The fraction of sp³-hybridized carbons (Fsp3) is 0.0435. The fourth-order valence-corrected chi connectivity index (χ4v) is 4.95. The molecule has 4 nitrogen and oxygen atoms in total. The Balaban J connectivity index is 1.67. The van der Waals surface area contributed by atoms with Crippen LogP contribution in [-0.4, -0.2) is 15.1 Å². The Morgan fingerprint density at radius 1 is 0.900 bits per heavy atom. The molecule has 0 aliphatic carbocycles. The van der Waals surface area contributed by atoms with Gasteiger partial charge in [0.05, 0.1) is 11.1 Å². The van der Waals surface area contributed by atoms with Gasteiger partial charge in [-0.1, -0.05) is 61.8 Å². The summed E-state index contributed by atoms with van der Waals surface area (Å²) in [6.45, 7) is 0. The second-order valence-corrected chi connectivity index (χ2v) is 9.64. The molecule has 0 spiro atoms. The lowest BCUT2D eigenvalue weighted by atomic mass is 10.0. The number of fused-ring (bicyclic) bond motifs is 2. The van der Waals surface area contributed by atoms with Crippen LogP contribution < -0.4 is 4.74 Å². The predicted octanol–water partition coefficient (Wildman–Crippen LogP) is 7.22. The summed E-state index contributed by atoms with van der Waals surface area (Å²) in [5.41, 5.74) is 2.56. The molecule has 1 aromatic heterocycles. The molecule has 0 saturated heterocycles. The lowest BCUT2D eigenvalue weighted by molar-refractivity contribution is 0.435. The van der Waals surface area contributed by atoms with Gasteiger partial charge in [-0.3, -0.25) is 0 Å². The summed E-state index contributed by atoms with van der Waals surface area (Å²) in [6.07, 6.45) is 0.671. The van der Waals surface area contributed by atoms with E-state index in [2.05, 4.69) is 42.9 Å². The van der Waals surface area contributed by atoms with Crippen LogP contribution >= 0.6 is 43.6 Å². The van der Waals surface area contributed by atoms with Gasteiger partial charge < -0.3 is 9.84 Å². The molecule has 5 rings (SSSR count). The number of aromatic hydroxyl groups is 1. The van der Waals surface area contributed by atoms with E-state index in [-0.39, 0.29) is 5.75 Å². The Kier molecular flexibility index (Phi) is 5.26. The van der Waals surface area contributed by atoms with Crippen molar-refractivity contribution < 1.29 is 9.84 Å². The normalized spacial score (nSPS) is 12.1. The number of hydrogen-bond donors (Lipinski definition) is 1. The van der Waals surface area contributed by atoms with E-state index in [0.717, 1.165) is 35.7 Å². The van der Waals surface area contributed by atoms with E-state index in [1.165, 1.54) is 0 Å². The van der Waals surface area contributed by atoms with Crippen LogP contribution in [0.3, 0.4) is 0 Å². The maximum Gasteiger partial charge on any atom is 0.227 e. The molecule has 0 radical (unpaired) electrons. The number of phenolic OH excluding ortho intramolecular Hbond substituents is 1. The van der Waals surface area contributed by atoms with E-state index in [1.807, 2.05) is 48.5 Å². The van der Waals surface area contributed by atoms with Crippen LogP contribution in [-0.2, 0) is 6.42 Å². The molecular weight excluding hydrogens is 528 g/mol.